The van der Waals surface area contributed by atoms with Crippen LogP contribution in [-0.4, -0.2) is 22.5 Å². The number of rotatable bonds is 3. The van der Waals surface area contributed by atoms with Crippen LogP contribution in [-0.2, 0) is 11.3 Å². The van der Waals surface area contributed by atoms with Crippen molar-refractivity contribution in [1.82, 2.24) is 14.9 Å². The average molecular weight is 277 g/mol. The maximum absolute atomic E-state index is 11.9. The number of hydrogen-bond donors (Lipinski definition) is 2. The molecule has 1 aromatic heterocycles. The first kappa shape index (κ1) is 13.8. The third-order valence-corrected chi connectivity index (χ3v) is 3.65. The number of aromatic amines is 1. The highest BCUT2D eigenvalue weighted by Gasteiger charge is 2.28. The van der Waals surface area contributed by atoms with Crippen molar-refractivity contribution in [1.29, 1.82) is 0 Å². The minimum Gasteiger partial charge on any atom is -0.359 e. The molecule has 0 aliphatic rings. The Morgan fingerprint density at radius 3 is 2.79 bits per heavy atom. The summed E-state index contributed by atoms with van der Waals surface area (Å²) >= 11 is 5.36. The summed E-state index contributed by atoms with van der Waals surface area (Å²) in [6.07, 6.45) is 0. The molecule has 0 radical (unpaired) electrons. The summed E-state index contributed by atoms with van der Waals surface area (Å²) < 4.78 is 2.64. The smallest absolute Gasteiger partial charge is 0.227 e. The number of imidazole rings is 1. The molecular weight excluding hydrogens is 258 g/mol. The number of carbonyl (C=O) groups excluding carboxylic acids is 1. The van der Waals surface area contributed by atoms with Gasteiger partial charge in [0, 0.05) is 13.6 Å². The molecule has 0 aliphatic heterocycles. The number of aryl methyl sites for hydroxylation is 1. The van der Waals surface area contributed by atoms with E-state index in [1.165, 1.54) is 5.56 Å². The van der Waals surface area contributed by atoms with E-state index < -0.39 is 5.41 Å². The molecule has 1 amide bonds. The first-order chi connectivity index (χ1) is 8.85. The maximum atomic E-state index is 11.9. The second-order valence-electron chi connectivity index (χ2n) is 5.50. The minimum absolute atomic E-state index is 0.0106. The van der Waals surface area contributed by atoms with Gasteiger partial charge in [-0.2, -0.15) is 0 Å². The van der Waals surface area contributed by atoms with Gasteiger partial charge in [-0.05, 0) is 50.7 Å². The summed E-state index contributed by atoms with van der Waals surface area (Å²) in [7, 11) is 1.66. The van der Waals surface area contributed by atoms with Crippen LogP contribution in [0.4, 0.5) is 0 Å². The Morgan fingerprint density at radius 1 is 1.47 bits per heavy atom. The highest BCUT2D eigenvalue weighted by molar-refractivity contribution is 7.71. The van der Waals surface area contributed by atoms with Gasteiger partial charge in [0.25, 0.3) is 0 Å². The van der Waals surface area contributed by atoms with Crippen LogP contribution in [0.15, 0.2) is 18.2 Å². The number of aromatic nitrogens is 2. The topological polar surface area (TPSA) is 49.8 Å². The number of hydrogen-bond acceptors (Lipinski definition) is 2. The molecule has 5 heteroatoms. The Hall–Kier alpha value is -1.62. The van der Waals surface area contributed by atoms with Gasteiger partial charge in [-0.3, -0.25) is 4.79 Å². The van der Waals surface area contributed by atoms with Gasteiger partial charge >= 0.3 is 0 Å². The summed E-state index contributed by atoms with van der Waals surface area (Å²) in [6.45, 7) is 6.43. The zero-order chi connectivity index (χ0) is 14.2. The van der Waals surface area contributed by atoms with Crippen LogP contribution in [0.2, 0.25) is 0 Å². The number of H-pyrrole nitrogens is 1. The van der Waals surface area contributed by atoms with E-state index in [2.05, 4.69) is 16.4 Å². The van der Waals surface area contributed by atoms with Gasteiger partial charge in [0.1, 0.15) is 0 Å². The number of carbonyl (C=O) groups is 1. The molecule has 0 bridgehead atoms. The quantitative estimate of drug-likeness (QED) is 0.848. The molecule has 1 aromatic carbocycles. The lowest BCUT2D eigenvalue weighted by Crippen LogP contribution is -2.37. The summed E-state index contributed by atoms with van der Waals surface area (Å²) in [5.41, 5.74) is 2.71. The lowest BCUT2D eigenvalue weighted by molar-refractivity contribution is -0.129. The molecule has 0 saturated carbocycles. The number of fused-ring (bicyclic) bond motifs is 1. The fourth-order valence-corrected chi connectivity index (χ4v) is 2.50. The van der Waals surface area contributed by atoms with Crippen molar-refractivity contribution in [2.45, 2.75) is 27.3 Å². The van der Waals surface area contributed by atoms with Crippen LogP contribution < -0.4 is 5.32 Å². The van der Waals surface area contributed by atoms with E-state index >= 15 is 0 Å². The van der Waals surface area contributed by atoms with Crippen molar-refractivity contribution >= 4 is 29.2 Å². The Bertz CT molecular complexity index is 682. The molecule has 4 nitrogen and oxygen atoms in total. The zero-order valence-corrected chi connectivity index (χ0v) is 12.5. The highest BCUT2D eigenvalue weighted by Crippen LogP contribution is 2.23. The van der Waals surface area contributed by atoms with Gasteiger partial charge in [0.15, 0.2) is 4.77 Å². The first-order valence-electron chi connectivity index (χ1n) is 6.26. The van der Waals surface area contributed by atoms with Crippen LogP contribution in [0, 0.1) is 17.1 Å². The molecule has 0 saturated heterocycles. The molecule has 0 spiro atoms. The highest BCUT2D eigenvalue weighted by atomic mass is 32.1. The summed E-state index contributed by atoms with van der Waals surface area (Å²) in [5.74, 6) is 0.0106. The molecule has 1 heterocycles. The first-order valence-corrected chi connectivity index (χ1v) is 6.67. The average Bonchev–Trinajstić information content (AvgIpc) is 2.64. The van der Waals surface area contributed by atoms with E-state index in [-0.39, 0.29) is 5.91 Å². The molecule has 0 atom stereocenters. The van der Waals surface area contributed by atoms with E-state index in [4.69, 9.17) is 12.2 Å². The molecule has 0 aliphatic carbocycles. The Balaban J connectivity index is 2.51. The van der Waals surface area contributed by atoms with Gasteiger partial charge in [-0.25, -0.2) is 0 Å². The second kappa shape index (κ2) is 4.81. The lowest BCUT2D eigenvalue weighted by Gasteiger charge is -2.23. The van der Waals surface area contributed by atoms with Crippen molar-refractivity contribution in [2.75, 3.05) is 7.05 Å². The zero-order valence-electron chi connectivity index (χ0n) is 11.7. The van der Waals surface area contributed by atoms with E-state index in [0.29, 0.717) is 11.3 Å². The molecule has 0 unspecified atom stereocenters. The van der Waals surface area contributed by atoms with E-state index in [1.54, 1.807) is 7.05 Å². The van der Waals surface area contributed by atoms with Crippen LogP contribution >= 0.6 is 12.2 Å². The fraction of sp³-hybridized carbons (Fsp3) is 0.429. The Kier molecular flexibility index (Phi) is 3.49. The predicted molar refractivity (Wildman–Crippen MR) is 79.7 cm³/mol. The summed E-state index contributed by atoms with van der Waals surface area (Å²) in [4.78, 5) is 15.1. The third kappa shape index (κ3) is 2.56. The monoisotopic (exact) mass is 277 g/mol. The SMILES string of the molecule is CNC(=O)C(C)(C)Cn1c(=S)[nH]c2ccc(C)cc21. The minimum atomic E-state index is -0.508. The predicted octanol–water partition coefficient (Wildman–Crippen LogP) is 2.78. The van der Waals surface area contributed by atoms with E-state index in [1.807, 2.05) is 37.5 Å². The molecule has 19 heavy (non-hydrogen) atoms. The van der Waals surface area contributed by atoms with Crippen LogP contribution in [0.25, 0.3) is 11.0 Å². The van der Waals surface area contributed by atoms with Gasteiger partial charge < -0.3 is 14.9 Å². The van der Waals surface area contributed by atoms with Crippen molar-refractivity contribution in [3.05, 3.63) is 28.5 Å². The van der Waals surface area contributed by atoms with E-state index in [9.17, 15) is 4.79 Å². The van der Waals surface area contributed by atoms with Gasteiger partial charge in [0.2, 0.25) is 5.91 Å². The molecule has 102 valence electrons. The number of nitrogens with zero attached hydrogens (tertiary/aromatic N) is 1. The number of amides is 1. The maximum Gasteiger partial charge on any atom is 0.227 e. The van der Waals surface area contributed by atoms with Crippen LogP contribution in [0.3, 0.4) is 0 Å². The van der Waals surface area contributed by atoms with Crippen molar-refractivity contribution in [3.8, 4) is 0 Å². The van der Waals surface area contributed by atoms with Crippen molar-refractivity contribution < 1.29 is 4.79 Å². The Morgan fingerprint density at radius 2 is 2.16 bits per heavy atom. The van der Waals surface area contributed by atoms with E-state index in [0.717, 1.165) is 11.0 Å². The van der Waals surface area contributed by atoms with Gasteiger partial charge in [0.05, 0.1) is 16.4 Å². The van der Waals surface area contributed by atoms with Gasteiger partial charge in [-0.15, -0.1) is 0 Å². The molecule has 0 fully saturated rings. The largest absolute Gasteiger partial charge is 0.359 e. The number of benzene rings is 1. The second-order valence-corrected chi connectivity index (χ2v) is 5.89. The van der Waals surface area contributed by atoms with Crippen molar-refractivity contribution in [2.24, 2.45) is 5.41 Å². The molecule has 2 N–H and O–H groups in total. The lowest BCUT2D eigenvalue weighted by atomic mass is 9.92. The normalized spacial score (nSPS) is 11.8. The number of nitrogens with one attached hydrogen (secondary N) is 2. The molecule has 2 aromatic rings. The third-order valence-electron chi connectivity index (χ3n) is 3.33. The van der Waals surface area contributed by atoms with Crippen molar-refractivity contribution in [3.63, 3.8) is 0 Å². The molecule has 2 rings (SSSR count). The summed E-state index contributed by atoms with van der Waals surface area (Å²) in [6, 6.07) is 6.15. The standard InChI is InChI=1S/C14H19N3OS/c1-9-5-6-10-11(7-9)17(13(19)16-10)8-14(2,3)12(18)15-4/h5-7H,8H2,1-4H3,(H,15,18)(H,16,19). The van der Waals surface area contributed by atoms with Crippen LogP contribution in [0.5, 0.6) is 0 Å². The summed E-state index contributed by atoms with van der Waals surface area (Å²) in [5, 5.41) is 2.70. The fourth-order valence-electron chi connectivity index (χ4n) is 2.23. The Labute approximate surface area is 117 Å². The molecular formula is C14H19N3OS. The van der Waals surface area contributed by atoms with Crippen LogP contribution in [0.1, 0.15) is 19.4 Å². The van der Waals surface area contributed by atoms with Gasteiger partial charge in [-0.1, -0.05) is 6.07 Å².